The molecule has 0 bridgehead atoms. The van der Waals surface area contributed by atoms with E-state index >= 15 is 0 Å². The maximum atomic E-state index is 2.68. The van der Waals surface area contributed by atoms with Crippen molar-refractivity contribution in [1.29, 1.82) is 0 Å². The van der Waals surface area contributed by atoms with E-state index < -0.39 is 0 Å². The second-order valence-corrected chi connectivity index (χ2v) is 17.2. The first-order chi connectivity index (χ1) is 23.8. The van der Waals surface area contributed by atoms with E-state index in [0.717, 1.165) is 0 Å². The van der Waals surface area contributed by atoms with E-state index in [2.05, 4.69) is 165 Å². The molecular weight excluding hydrogens is 623 g/mol. The number of benzene rings is 6. The van der Waals surface area contributed by atoms with Crippen molar-refractivity contribution < 1.29 is 0 Å². The third-order valence-electron chi connectivity index (χ3n) is 12.2. The molecule has 0 fully saturated rings. The van der Waals surface area contributed by atoms with Gasteiger partial charge in [0.05, 0.1) is 17.1 Å². The Hall–Kier alpha value is -4.53. The molecule has 248 valence electrons. The van der Waals surface area contributed by atoms with Crippen LogP contribution in [0.5, 0.6) is 0 Å². The Morgan fingerprint density at radius 3 is 1.00 bits per heavy atom. The number of aryl methyl sites for hydroxylation is 6. The SMILES string of the molecule is Cc1cccc(C)c1-c1cc2c3c(c1)C(C)(C)c1cc(-c4c(C)cccc4C)cc4c1N3c1c(cc(-c3c(C)cccc3C)cc1C4(C)C)S2. The standard InChI is InChI=1S/C48H45NS/c1-26-14-11-15-27(2)41(26)32-20-35-44-36(21-32)48(9,10)38-23-34(43-30(5)18-13-19-31(43)6)25-40-46(38)49(44)45-37(47(35,7)8)22-33(24-39(45)50-40)42-28(3)16-12-17-29(42)4/h11-25H,1-10H3. The van der Waals surface area contributed by atoms with Crippen LogP contribution in [0.1, 0.15) is 83.3 Å². The summed E-state index contributed by atoms with van der Waals surface area (Å²) in [6.45, 7) is 23.4. The van der Waals surface area contributed by atoms with Crippen molar-refractivity contribution in [2.24, 2.45) is 0 Å². The van der Waals surface area contributed by atoms with E-state index in [1.54, 1.807) is 0 Å². The monoisotopic (exact) mass is 667 g/mol. The molecule has 6 aromatic rings. The van der Waals surface area contributed by atoms with Gasteiger partial charge < -0.3 is 4.90 Å². The number of hydrogen-bond donors (Lipinski definition) is 0. The van der Waals surface area contributed by atoms with Crippen molar-refractivity contribution in [3.05, 3.63) is 147 Å². The third-order valence-corrected chi connectivity index (χ3v) is 13.2. The predicted octanol–water partition coefficient (Wildman–Crippen LogP) is 13.8. The van der Waals surface area contributed by atoms with Gasteiger partial charge in [0.2, 0.25) is 0 Å². The molecule has 3 heterocycles. The van der Waals surface area contributed by atoms with E-state index in [-0.39, 0.29) is 10.8 Å². The highest BCUT2D eigenvalue weighted by molar-refractivity contribution is 7.99. The molecule has 0 radical (unpaired) electrons. The fourth-order valence-corrected chi connectivity index (χ4v) is 10.8. The summed E-state index contributed by atoms with van der Waals surface area (Å²) in [5.41, 5.74) is 25.3. The lowest BCUT2D eigenvalue weighted by Gasteiger charge is -2.52. The van der Waals surface area contributed by atoms with Gasteiger partial charge in [-0.2, -0.15) is 0 Å². The second-order valence-electron chi connectivity index (χ2n) is 16.1. The molecule has 0 unspecified atom stereocenters. The number of anilines is 3. The summed E-state index contributed by atoms with van der Waals surface area (Å²) in [4.78, 5) is 5.38. The van der Waals surface area contributed by atoms with Gasteiger partial charge in [0.15, 0.2) is 0 Å². The predicted molar refractivity (Wildman–Crippen MR) is 214 cm³/mol. The molecule has 0 aliphatic carbocycles. The Morgan fingerprint density at radius 2 is 0.680 bits per heavy atom. The molecule has 50 heavy (non-hydrogen) atoms. The van der Waals surface area contributed by atoms with Crippen LogP contribution in [0.4, 0.5) is 17.1 Å². The van der Waals surface area contributed by atoms with E-state index in [1.807, 2.05) is 11.8 Å². The highest BCUT2D eigenvalue weighted by Crippen LogP contribution is 2.67. The van der Waals surface area contributed by atoms with E-state index in [0.29, 0.717) is 0 Å². The zero-order valence-electron chi connectivity index (χ0n) is 31.0. The molecule has 6 aromatic carbocycles. The lowest BCUT2D eigenvalue weighted by Crippen LogP contribution is -2.39. The molecule has 0 N–H and O–H groups in total. The fraction of sp³-hybridized carbons (Fsp3) is 0.250. The summed E-state index contributed by atoms with van der Waals surface area (Å²) in [6, 6.07) is 35.2. The number of hydrogen-bond acceptors (Lipinski definition) is 2. The van der Waals surface area contributed by atoms with Gasteiger partial charge in [-0.25, -0.2) is 0 Å². The van der Waals surface area contributed by atoms with Crippen molar-refractivity contribution in [1.82, 2.24) is 0 Å². The van der Waals surface area contributed by atoms with Gasteiger partial charge in [0.1, 0.15) is 0 Å². The van der Waals surface area contributed by atoms with Gasteiger partial charge >= 0.3 is 0 Å². The quantitative estimate of drug-likeness (QED) is 0.184. The average Bonchev–Trinajstić information content (AvgIpc) is 3.05. The molecule has 9 rings (SSSR count). The molecule has 0 spiro atoms. The molecule has 0 saturated carbocycles. The van der Waals surface area contributed by atoms with Crippen LogP contribution < -0.4 is 4.90 Å². The Kier molecular flexibility index (Phi) is 6.60. The van der Waals surface area contributed by atoms with E-state index in [1.165, 1.54) is 116 Å². The highest BCUT2D eigenvalue weighted by Gasteiger charge is 2.49. The van der Waals surface area contributed by atoms with Gasteiger partial charge in [-0.3, -0.25) is 0 Å². The van der Waals surface area contributed by atoms with Crippen molar-refractivity contribution in [2.45, 2.75) is 89.9 Å². The van der Waals surface area contributed by atoms with Gasteiger partial charge in [-0.15, -0.1) is 0 Å². The summed E-state index contributed by atoms with van der Waals surface area (Å²) in [7, 11) is 0. The normalized spacial score (nSPS) is 15.6. The van der Waals surface area contributed by atoms with Crippen LogP contribution in [-0.4, -0.2) is 0 Å². The van der Waals surface area contributed by atoms with Crippen LogP contribution in [0.25, 0.3) is 33.4 Å². The van der Waals surface area contributed by atoms with Crippen LogP contribution in [-0.2, 0) is 10.8 Å². The van der Waals surface area contributed by atoms with Crippen LogP contribution >= 0.6 is 11.8 Å². The molecule has 0 atom stereocenters. The van der Waals surface area contributed by atoms with Gasteiger partial charge in [-0.05, 0) is 167 Å². The van der Waals surface area contributed by atoms with Crippen LogP contribution in [0, 0.1) is 41.5 Å². The van der Waals surface area contributed by atoms with E-state index in [4.69, 9.17) is 0 Å². The minimum atomic E-state index is -0.215. The highest BCUT2D eigenvalue weighted by atomic mass is 32.2. The average molecular weight is 668 g/mol. The Balaban J connectivity index is 1.42. The van der Waals surface area contributed by atoms with E-state index in [9.17, 15) is 0 Å². The first-order valence-electron chi connectivity index (χ1n) is 18.0. The summed E-state index contributed by atoms with van der Waals surface area (Å²) in [5, 5.41) is 0. The summed E-state index contributed by atoms with van der Waals surface area (Å²) in [6.07, 6.45) is 0. The Morgan fingerprint density at radius 1 is 0.400 bits per heavy atom. The Labute approximate surface area is 302 Å². The minimum absolute atomic E-state index is 0.215. The van der Waals surface area contributed by atoms with Gasteiger partial charge in [0, 0.05) is 20.6 Å². The molecule has 3 aliphatic heterocycles. The van der Waals surface area contributed by atoms with Gasteiger partial charge in [0.25, 0.3) is 0 Å². The molecular formula is C48H45NS. The van der Waals surface area contributed by atoms with Gasteiger partial charge in [-0.1, -0.05) is 94.1 Å². The first kappa shape index (κ1) is 31.5. The lowest BCUT2D eigenvalue weighted by atomic mass is 9.65. The zero-order chi connectivity index (χ0) is 35.0. The maximum Gasteiger partial charge on any atom is 0.0643 e. The zero-order valence-corrected chi connectivity index (χ0v) is 31.8. The third kappa shape index (κ3) is 4.15. The molecule has 0 aromatic heterocycles. The largest absolute Gasteiger partial charge is 0.307 e. The first-order valence-corrected chi connectivity index (χ1v) is 18.8. The van der Waals surface area contributed by atoms with Crippen LogP contribution in [0.3, 0.4) is 0 Å². The molecule has 2 heteroatoms. The Bertz CT molecular complexity index is 2270. The minimum Gasteiger partial charge on any atom is -0.307 e. The molecule has 0 amide bonds. The summed E-state index contributed by atoms with van der Waals surface area (Å²) >= 11 is 1.97. The fourth-order valence-electron chi connectivity index (χ4n) is 9.60. The lowest BCUT2D eigenvalue weighted by molar-refractivity contribution is 0.593. The summed E-state index contributed by atoms with van der Waals surface area (Å²) in [5.74, 6) is 0. The smallest absolute Gasteiger partial charge is 0.0643 e. The summed E-state index contributed by atoms with van der Waals surface area (Å²) < 4.78 is 0. The van der Waals surface area contributed by atoms with Crippen molar-refractivity contribution in [3.63, 3.8) is 0 Å². The maximum absolute atomic E-state index is 2.68. The topological polar surface area (TPSA) is 3.24 Å². The van der Waals surface area contributed by atoms with Crippen molar-refractivity contribution >= 4 is 28.8 Å². The second kappa shape index (κ2) is 10.5. The molecule has 0 saturated heterocycles. The molecule has 3 aliphatic rings. The number of rotatable bonds is 3. The van der Waals surface area contributed by atoms with Crippen molar-refractivity contribution in [2.75, 3.05) is 4.90 Å². The number of nitrogens with zero attached hydrogens (tertiary/aromatic N) is 1. The van der Waals surface area contributed by atoms with Crippen LogP contribution in [0.15, 0.2) is 101 Å². The van der Waals surface area contributed by atoms with Crippen LogP contribution in [0.2, 0.25) is 0 Å². The van der Waals surface area contributed by atoms with Crippen molar-refractivity contribution in [3.8, 4) is 33.4 Å². The molecule has 1 nitrogen and oxygen atoms in total.